The van der Waals surface area contributed by atoms with Gasteiger partial charge in [0.2, 0.25) is 15.9 Å². The van der Waals surface area contributed by atoms with Crippen LogP contribution in [-0.4, -0.2) is 31.2 Å². The number of primary amides is 1. The Morgan fingerprint density at radius 1 is 1.26 bits per heavy atom. The molecule has 1 atom stereocenters. The van der Waals surface area contributed by atoms with Gasteiger partial charge in [0.25, 0.3) is 0 Å². The van der Waals surface area contributed by atoms with Crippen molar-refractivity contribution in [2.45, 2.75) is 30.2 Å². The highest BCUT2D eigenvalue weighted by atomic mass is 79.9. The van der Waals surface area contributed by atoms with Gasteiger partial charge in [-0.3, -0.25) is 4.79 Å². The van der Waals surface area contributed by atoms with Crippen molar-refractivity contribution < 1.29 is 13.2 Å². The Balaban J connectivity index is 2.37. The van der Waals surface area contributed by atoms with Gasteiger partial charge in [-0.1, -0.05) is 22.4 Å². The molecule has 1 saturated heterocycles. The Labute approximate surface area is 121 Å². The zero-order chi connectivity index (χ0) is 14.0. The maximum atomic E-state index is 12.5. The van der Waals surface area contributed by atoms with Crippen LogP contribution in [0.5, 0.6) is 0 Å². The number of benzene rings is 1. The first-order chi connectivity index (χ1) is 8.93. The highest BCUT2D eigenvalue weighted by molar-refractivity contribution is 9.10. The van der Waals surface area contributed by atoms with Crippen molar-refractivity contribution in [1.29, 1.82) is 0 Å². The third kappa shape index (κ3) is 2.98. The van der Waals surface area contributed by atoms with Gasteiger partial charge in [-0.15, -0.1) is 0 Å². The van der Waals surface area contributed by atoms with Crippen LogP contribution in [-0.2, 0) is 14.8 Å². The van der Waals surface area contributed by atoms with Crippen LogP contribution in [0.25, 0.3) is 0 Å². The van der Waals surface area contributed by atoms with E-state index >= 15 is 0 Å². The molecule has 1 aromatic carbocycles. The fourth-order valence-electron chi connectivity index (χ4n) is 2.22. The molecule has 1 amide bonds. The summed E-state index contributed by atoms with van der Waals surface area (Å²) in [4.78, 5) is 11.6. The van der Waals surface area contributed by atoms with Crippen molar-refractivity contribution in [2.75, 3.05) is 6.54 Å². The summed E-state index contributed by atoms with van der Waals surface area (Å²) in [5.74, 6) is -0.583. The molecule has 2 N–H and O–H groups in total. The monoisotopic (exact) mass is 346 g/mol. The number of piperidine rings is 1. The van der Waals surface area contributed by atoms with Gasteiger partial charge in [0, 0.05) is 11.0 Å². The average molecular weight is 347 g/mol. The van der Waals surface area contributed by atoms with E-state index in [4.69, 9.17) is 5.73 Å². The highest BCUT2D eigenvalue weighted by Gasteiger charge is 2.36. The standard InChI is InChI=1S/C12H15BrN2O3S/c13-9-4-6-10(7-5-9)19(17,18)15-8-2-1-3-11(15)12(14)16/h4-7,11H,1-3,8H2,(H2,14,16). The molecule has 104 valence electrons. The lowest BCUT2D eigenvalue weighted by Crippen LogP contribution is -2.50. The number of nitrogens with zero attached hydrogens (tertiary/aromatic N) is 1. The van der Waals surface area contributed by atoms with Crippen molar-refractivity contribution in [2.24, 2.45) is 5.73 Å². The van der Waals surface area contributed by atoms with Gasteiger partial charge in [0.1, 0.15) is 6.04 Å². The molecular weight excluding hydrogens is 332 g/mol. The van der Waals surface area contributed by atoms with E-state index in [0.717, 1.165) is 17.3 Å². The van der Waals surface area contributed by atoms with Gasteiger partial charge in [-0.25, -0.2) is 8.42 Å². The molecule has 1 aliphatic heterocycles. The van der Waals surface area contributed by atoms with Crippen molar-refractivity contribution in [3.63, 3.8) is 0 Å². The van der Waals surface area contributed by atoms with E-state index in [1.165, 1.54) is 16.4 Å². The Morgan fingerprint density at radius 2 is 1.89 bits per heavy atom. The molecule has 0 aliphatic carbocycles. The van der Waals surface area contributed by atoms with Gasteiger partial charge in [-0.05, 0) is 37.1 Å². The minimum atomic E-state index is -3.66. The van der Waals surface area contributed by atoms with E-state index < -0.39 is 22.0 Å². The molecule has 7 heteroatoms. The van der Waals surface area contributed by atoms with Gasteiger partial charge in [-0.2, -0.15) is 4.31 Å². The van der Waals surface area contributed by atoms with Crippen molar-refractivity contribution in [3.8, 4) is 0 Å². The SMILES string of the molecule is NC(=O)C1CCCCN1S(=O)(=O)c1ccc(Br)cc1. The summed E-state index contributed by atoms with van der Waals surface area (Å²) in [5.41, 5.74) is 5.30. The Bertz CT molecular complexity index is 571. The van der Waals surface area contributed by atoms with Crippen LogP contribution < -0.4 is 5.73 Å². The summed E-state index contributed by atoms with van der Waals surface area (Å²) in [6, 6.07) is 5.63. The molecule has 0 aromatic heterocycles. The minimum absolute atomic E-state index is 0.184. The van der Waals surface area contributed by atoms with Gasteiger partial charge in [0.15, 0.2) is 0 Å². The Hall–Kier alpha value is -0.920. The van der Waals surface area contributed by atoms with Gasteiger partial charge in [0.05, 0.1) is 4.90 Å². The van der Waals surface area contributed by atoms with E-state index in [0.29, 0.717) is 13.0 Å². The van der Waals surface area contributed by atoms with E-state index in [-0.39, 0.29) is 4.90 Å². The number of amides is 1. The van der Waals surface area contributed by atoms with Gasteiger partial charge < -0.3 is 5.73 Å². The largest absolute Gasteiger partial charge is 0.368 e. The summed E-state index contributed by atoms with van der Waals surface area (Å²) in [6.45, 7) is 0.339. The maximum Gasteiger partial charge on any atom is 0.243 e. The molecule has 1 aromatic rings. The molecule has 1 heterocycles. The number of carbonyl (C=O) groups excluding carboxylic acids is 1. The molecule has 0 bridgehead atoms. The minimum Gasteiger partial charge on any atom is -0.368 e. The van der Waals surface area contributed by atoms with E-state index in [1.54, 1.807) is 12.1 Å². The Kier molecular flexibility index (Phi) is 4.27. The normalized spacial score (nSPS) is 21.2. The quantitative estimate of drug-likeness (QED) is 0.899. The van der Waals surface area contributed by atoms with Crippen molar-refractivity contribution >= 4 is 31.9 Å². The molecule has 0 saturated carbocycles. The first kappa shape index (κ1) is 14.5. The summed E-state index contributed by atoms with van der Waals surface area (Å²) in [5, 5.41) is 0. The lowest BCUT2D eigenvalue weighted by atomic mass is 10.0. The Morgan fingerprint density at radius 3 is 2.47 bits per heavy atom. The first-order valence-corrected chi connectivity index (χ1v) is 8.23. The number of hydrogen-bond donors (Lipinski definition) is 1. The lowest BCUT2D eigenvalue weighted by molar-refractivity contribution is -0.122. The fraction of sp³-hybridized carbons (Fsp3) is 0.417. The third-order valence-electron chi connectivity index (χ3n) is 3.20. The second-order valence-electron chi connectivity index (χ2n) is 4.48. The van der Waals surface area contributed by atoms with Crippen LogP contribution in [0.3, 0.4) is 0 Å². The predicted molar refractivity (Wildman–Crippen MR) is 74.9 cm³/mol. The number of sulfonamides is 1. The van der Waals surface area contributed by atoms with Crippen LogP contribution in [0.2, 0.25) is 0 Å². The molecule has 19 heavy (non-hydrogen) atoms. The first-order valence-electron chi connectivity index (χ1n) is 5.99. The van der Waals surface area contributed by atoms with Crippen molar-refractivity contribution in [1.82, 2.24) is 4.31 Å². The summed E-state index contributed by atoms with van der Waals surface area (Å²) in [6.07, 6.45) is 2.06. The molecule has 5 nitrogen and oxygen atoms in total. The van der Waals surface area contributed by atoms with E-state index in [2.05, 4.69) is 15.9 Å². The van der Waals surface area contributed by atoms with Crippen LogP contribution in [0.1, 0.15) is 19.3 Å². The fourth-order valence-corrected chi connectivity index (χ4v) is 4.15. The smallest absolute Gasteiger partial charge is 0.243 e. The number of rotatable bonds is 3. The maximum absolute atomic E-state index is 12.5. The zero-order valence-corrected chi connectivity index (χ0v) is 12.7. The van der Waals surface area contributed by atoms with Crippen LogP contribution in [0.4, 0.5) is 0 Å². The average Bonchev–Trinajstić information content (AvgIpc) is 2.39. The number of hydrogen-bond acceptors (Lipinski definition) is 3. The molecular formula is C12H15BrN2O3S. The molecule has 1 aliphatic rings. The predicted octanol–water partition coefficient (Wildman–Crippen LogP) is 1.48. The second-order valence-corrected chi connectivity index (χ2v) is 7.29. The second kappa shape index (κ2) is 5.60. The number of carbonyl (C=O) groups is 1. The van der Waals surface area contributed by atoms with Crippen molar-refractivity contribution in [3.05, 3.63) is 28.7 Å². The third-order valence-corrected chi connectivity index (χ3v) is 5.65. The molecule has 1 unspecified atom stereocenters. The molecule has 2 rings (SSSR count). The summed E-state index contributed by atoms with van der Waals surface area (Å²) in [7, 11) is -3.66. The number of nitrogens with two attached hydrogens (primary N) is 1. The van der Waals surface area contributed by atoms with E-state index in [9.17, 15) is 13.2 Å². The molecule has 0 spiro atoms. The molecule has 0 radical (unpaired) electrons. The summed E-state index contributed by atoms with van der Waals surface area (Å²) >= 11 is 3.26. The molecule has 1 fully saturated rings. The number of halogens is 1. The zero-order valence-electron chi connectivity index (χ0n) is 10.3. The topological polar surface area (TPSA) is 80.5 Å². The highest BCUT2D eigenvalue weighted by Crippen LogP contribution is 2.26. The van der Waals surface area contributed by atoms with Crippen LogP contribution in [0.15, 0.2) is 33.6 Å². The van der Waals surface area contributed by atoms with Crippen LogP contribution in [0, 0.1) is 0 Å². The summed E-state index contributed by atoms with van der Waals surface area (Å²) < 4.78 is 27.1. The van der Waals surface area contributed by atoms with E-state index in [1.807, 2.05) is 0 Å². The van der Waals surface area contributed by atoms with Crippen LogP contribution >= 0.6 is 15.9 Å². The lowest BCUT2D eigenvalue weighted by Gasteiger charge is -2.32. The van der Waals surface area contributed by atoms with Gasteiger partial charge >= 0.3 is 0 Å².